The highest BCUT2D eigenvalue weighted by Crippen LogP contribution is 2.48. The van der Waals surface area contributed by atoms with Crippen molar-refractivity contribution in [3.8, 4) is 5.75 Å². The lowest BCUT2D eigenvalue weighted by atomic mass is 10.1. The number of ether oxygens (including phenoxy) is 2. The highest BCUT2D eigenvalue weighted by Gasteiger charge is 2.60. The summed E-state index contributed by atoms with van der Waals surface area (Å²) in [7, 11) is -2.86. The first-order valence-corrected chi connectivity index (χ1v) is 13.8. The second-order valence-electron chi connectivity index (χ2n) is 9.18. The van der Waals surface area contributed by atoms with Crippen molar-refractivity contribution in [1.29, 1.82) is 0 Å². The van der Waals surface area contributed by atoms with E-state index < -0.39 is 56.8 Å². The summed E-state index contributed by atoms with van der Waals surface area (Å²) in [6.07, 6.45) is -5.51. The lowest BCUT2D eigenvalue weighted by molar-refractivity contribution is -0.149. The molecule has 5 N–H and O–H groups in total. The van der Waals surface area contributed by atoms with Gasteiger partial charge in [0.2, 0.25) is 12.2 Å². The third-order valence-electron chi connectivity index (χ3n) is 5.74. The van der Waals surface area contributed by atoms with Crippen molar-refractivity contribution in [3.63, 3.8) is 0 Å². The second-order valence-corrected chi connectivity index (χ2v) is 10.9. The summed E-state index contributed by atoms with van der Waals surface area (Å²) in [4.78, 5) is 24.3. The van der Waals surface area contributed by atoms with Crippen molar-refractivity contribution in [2.24, 2.45) is 0 Å². The van der Waals surface area contributed by atoms with Gasteiger partial charge in [-0.15, -0.1) is 0 Å². The van der Waals surface area contributed by atoms with Crippen molar-refractivity contribution in [2.45, 2.75) is 57.3 Å². The Morgan fingerprint density at radius 2 is 1.98 bits per heavy atom. The molecule has 1 fully saturated rings. The average Bonchev–Trinajstić information content (AvgIpc) is 3.40. The van der Waals surface area contributed by atoms with E-state index in [4.69, 9.17) is 24.3 Å². The number of nitrogens with zero attached hydrogens (tertiary/aromatic N) is 4. The van der Waals surface area contributed by atoms with Gasteiger partial charge in [0.1, 0.15) is 17.9 Å². The van der Waals surface area contributed by atoms with Gasteiger partial charge in [0.05, 0.1) is 19.0 Å². The van der Waals surface area contributed by atoms with E-state index in [1.165, 1.54) is 19.1 Å². The molecule has 4 rings (SSSR count). The minimum Gasteiger partial charge on any atom is -0.462 e. The zero-order chi connectivity index (χ0) is 29.2. The molecule has 0 bridgehead atoms. The number of aliphatic hydroxyl groups is 1. The van der Waals surface area contributed by atoms with Gasteiger partial charge in [-0.25, -0.2) is 9.55 Å². The molecule has 1 aromatic carbocycles. The molecule has 2 aromatic heterocycles. The van der Waals surface area contributed by atoms with Crippen LogP contribution in [0.2, 0.25) is 0 Å². The number of aromatic nitrogens is 4. The van der Waals surface area contributed by atoms with Gasteiger partial charge in [0.25, 0.3) is 0 Å². The molecule has 1 saturated heterocycles. The number of benzene rings is 1. The van der Waals surface area contributed by atoms with Crippen LogP contribution in [0.25, 0.3) is 11.2 Å². The van der Waals surface area contributed by atoms with Crippen LogP contribution in [0.15, 0.2) is 36.7 Å². The molecule has 1 aliphatic rings. The number of nitrogens with two attached hydrogens (primary N) is 1. The van der Waals surface area contributed by atoms with Crippen LogP contribution in [-0.4, -0.2) is 74.5 Å². The lowest BCUT2D eigenvalue weighted by Crippen LogP contribution is -2.40. The van der Waals surface area contributed by atoms with Crippen molar-refractivity contribution in [3.05, 3.63) is 36.7 Å². The number of para-hydroxylation sites is 1. The fourth-order valence-corrected chi connectivity index (χ4v) is 5.39. The number of hydrogen-bond donors (Lipinski definition) is 4. The third-order valence-corrected chi connectivity index (χ3v) is 7.39. The molecular formula is C23H30F2N7O7P. The molecule has 5 atom stereocenters. The predicted octanol–water partition coefficient (Wildman–Crippen LogP) is 2.48. The third kappa shape index (κ3) is 6.15. The van der Waals surface area contributed by atoms with Crippen LogP contribution in [0, 0.1) is 0 Å². The van der Waals surface area contributed by atoms with Gasteiger partial charge in [0, 0.05) is 7.05 Å². The molecule has 14 nitrogen and oxygen atoms in total. The van der Waals surface area contributed by atoms with E-state index in [1.54, 1.807) is 39.1 Å². The van der Waals surface area contributed by atoms with Crippen LogP contribution < -0.4 is 20.7 Å². The Morgan fingerprint density at radius 1 is 1.27 bits per heavy atom. The van der Waals surface area contributed by atoms with Gasteiger partial charge in [-0.05, 0) is 32.9 Å². The van der Waals surface area contributed by atoms with Crippen LogP contribution in [-0.2, 0) is 23.4 Å². The Labute approximate surface area is 227 Å². The topological polar surface area (TPSA) is 185 Å². The number of fused-ring (bicyclic) bond motifs is 1. The molecule has 0 aliphatic carbocycles. The molecule has 3 aromatic rings. The number of aliphatic hydroxyl groups excluding tert-OH is 1. The van der Waals surface area contributed by atoms with E-state index in [0.717, 1.165) is 10.9 Å². The first kappa shape index (κ1) is 29.6. The monoisotopic (exact) mass is 585 g/mol. The summed E-state index contributed by atoms with van der Waals surface area (Å²) in [5, 5.41) is 15.7. The Kier molecular flexibility index (Phi) is 8.56. The van der Waals surface area contributed by atoms with E-state index in [0.29, 0.717) is 0 Å². The van der Waals surface area contributed by atoms with Gasteiger partial charge in [-0.1, -0.05) is 18.2 Å². The van der Waals surface area contributed by atoms with Crippen LogP contribution >= 0.6 is 7.75 Å². The number of alkyl halides is 2. The van der Waals surface area contributed by atoms with Gasteiger partial charge >= 0.3 is 19.6 Å². The van der Waals surface area contributed by atoms with Crippen molar-refractivity contribution < 1.29 is 41.8 Å². The molecule has 3 heterocycles. The van der Waals surface area contributed by atoms with Gasteiger partial charge in [-0.2, -0.15) is 23.8 Å². The summed E-state index contributed by atoms with van der Waals surface area (Å²) < 4.78 is 66.7. The maximum Gasteiger partial charge on any atom is 0.459 e. The number of anilines is 2. The second kappa shape index (κ2) is 11.6. The fraction of sp³-hybridized carbons (Fsp3) is 0.478. The molecule has 17 heteroatoms. The molecule has 0 amide bonds. The number of nitrogens with one attached hydrogen (secondary N) is 2. The Morgan fingerprint density at radius 3 is 2.62 bits per heavy atom. The highest BCUT2D eigenvalue weighted by atomic mass is 31.2. The van der Waals surface area contributed by atoms with Crippen LogP contribution in [0.5, 0.6) is 5.75 Å². The van der Waals surface area contributed by atoms with E-state index in [2.05, 4.69) is 25.4 Å². The molecular weight excluding hydrogens is 555 g/mol. The van der Waals surface area contributed by atoms with Crippen molar-refractivity contribution in [1.82, 2.24) is 24.6 Å². The predicted molar refractivity (Wildman–Crippen MR) is 139 cm³/mol. The van der Waals surface area contributed by atoms with E-state index in [-0.39, 0.29) is 28.7 Å². The van der Waals surface area contributed by atoms with Crippen molar-refractivity contribution in [2.75, 3.05) is 24.7 Å². The zero-order valence-corrected chi connectivity index (χ0v) is 22.9. The van der Waals surface area contributed by atoms with E-state index in [1.807, 2.05) is 0 Å². The molecule has 0 spiro atoms. The van der Waals surface area contributed by atoms with E-state index >= 15 is 8.78 Å². The number of carbonyl (C=O) groups is 1. The number of rotatable bonds is 11. The van der Waals surface area contributed by atoms with Crippen LogP contribution in [0.4, 0.5) is 20.5 Å². The minimum absolute atomic E-state index is 0.0625. The van der Waals surface area contributed by atoms with Crippen molar-refractivity contribution >= 4 is 36.6 Å². The first-order chi connectivity index (χ1) is 18.8. The Hall–Kier alpha value is -3.43. The molecule has 218 valence electrons. The summed E-state index contributed by atoms with van der Waals surface area (Å²) in [5.74, 6) is -4.48. The number of carbonyl (C=O) groups excluding carboxylic acids is 1. The number of nitrogen functional groups attached to an aromatic ring is 1. The zero-order valence-electron chi connectivity index (χ0n) is 22.0. The molecule has 0 saturated carbocycles. The van der Waals surface area contributed by atoms with E-state index in [9.17, 15) is 14.5 Å². The quantitative estimate of drug-likeness (QED) is 0.190. The first-order valence-electron chi connectivity index (χ1n) is 12.2. The number of hydrogen-bond acceptors (Lipinski definition) is 12. The normalized spacial score (nSPS) is 22.6. The van der Waals surface area contributed by atoms with Gasteiger partial charge in [-0.3, -0.25) is 13.9 Å². The summed E-state index contributed by atoms with van der Waals surface area (Å²) in [6, 6.07) is 6.71. The average molecular weight is 586 g/mol. The highest BCUT2D eigenvalue weighted by molar-refractivity contribution is 7.52. The van der Waals surface area contributed by atoms with Gasteiger partial charge in [0.15, 0.2) is 23.1 Å². The SMILES string of the molecule is CNc1nc(N)nc2c1ncn2[C@@H]1OC(CO[P@](=O)(N[C@@H](C)C(=O)OC(C)C)Oc2ccccc2)[C@@H](O)C1(F)F. The summed E-state index contributed by atoms with van der Waals surface area (Å²) in [5.41, 5.74) is 5.80. The number of halogens is 2. The fourth-order valence-electron chi connectivity index (χ4n) is 3.89. The Balaban J connectivity index is 1.56. The summed E-state index contributed by atoms with van der Waals surface area (Å²) in [6.45, 7) is 3.85. The maximum absolute atomic E-state index is 15.3. The largest absolute Gasteiger partial charge is 0.462 e. The number of esters is 1. The molecule has 1 unspecified atom stereocenters. The molecule has 0 radical (unpaired) electrons. The number of imidazole rings is 1. The minimum atomic E-state index is -4.40. The molecule has 1 aliphatic heterocycles. The van der Waals surface area contributed by atoms with Gasteiger partial charge < -0.3 is 30.2 Å². The van der Waals surface area contributed by atoms with Crippen LogP contribution in [0.1, 0.15) is 27.0 Å². The summed E-state index contributed by atoms with van der Waals surface area (Å²) >= 11 is 0. The standard InChI is InChI=1S/C23H30F2N7O7P/c1-12(2)37-20(34)13(3)31-40(35,39-14-8-6-5-7-9-14)36-10-15-17(33)23(24,25)21(38-15)32-11-28-16-18(27-4)29-22(26)30-19(16)32/h5-9,11-13,15,17,21,33H,10H2,1-4H3,(H,31,35)(H3,26,27,29,30)/t13-,15?,17+,21+,40+/m0/s1. The Bertz CT molecular complexity index is 1390. The van der Waals surface area contributed by atoms with Crippen LogP contribution in [0.3, 0.4) is 0 Å². The lowest BCUT2D eigenvalue weighted by Gasteiger charge is -2.25. The maximum atomic E-state index is 15.3. The molecule has 40 heavy (non-hydrogen) atoms. The smallest absolute Gasteiger partial charge is 0.459 e.